The second kappa shape index (κ2) is 5.53. The van der Waals surface area contributed by atoms with Gasteiger partial charge in [0, 0.05) is 5.39 Å². The van der Waals surface area contributed by atoms with Crippen LogP contribution in [0.25, 0.3) is 21.8 Å². The molecule has 0 aliphatic rings. The smallest absolute Gasteiger partial charge is 0.127 e. The van der Waals surface area contributed by atoms with Gasteiger partial charge in [0.15, 0.2) is 0 Å². The van der Waals surface area contributed by atoms with Crippen LogP contribution in [0.5, 0.6) is 5.75 Å². The predicted octanol–water partition coefficient (Wildman–Crippen LogP) is 4.27. The molecule has 0 atom stereocenters. The highest BCUT2D eigenvalue weighted by atomic mass is 16.5. The number of benzene rings is 3. The number of fused-ring (bicyclic) bond motifs is 2. The van der Waals surface area contributed by atoms with Crippen molar-refractivity contribution in [2.45, 2.75) is 6.54 Å². The maximum atomic E-state index is 5.99. The van der Waals surface area contributed by atoms with Crippen molar-refractivity contribution in [2.75, 3.05) is 6.61 Å². The molecule has 1 heterocycles. The van der Waals surface area contributed by atoms with Gasteiger partial charge in [-0.3, -0.25) is 0 Å². The van der Waals surface area contributed by atoms with Crippen LogP contribution < -0.4 is 4.74 Å². The predicted molar refractivity (Wildman–Crippen MR) is 89.2 cm³/mol. The molecule has 0 aliphatic carbocycles. The lowest BCUT2D eigenvalue weighted by Gasteiger charge is -2.10. The maximum absolute atomic E-state index is 5.99. The summed E-state index contributed by atoms with van der Waals surface area (Å²) in [6.45, 7) is 1.40. The number of nitrogens with zero attached hydrogens (tertiary/aromatic N) is 2. The van der Waals surface area contributed by atoms with E-state index in [4.69, 9.17) is 4.74 Å². The molecular formula is C19H16N2O. The van der Waals surface area contributed by atoms with Crippen molar-refractivity contribution in [2.24, 2.45) is 0 Å². The first-order valence-electron chi connectivity index (χ1n) is 7.42. The van der Waals surface area contributed by atoms with Crippen LogP contribution in [-0.2, 0) is 6.54 Å². The molecule has 0 N–H and O–H groups in total. The Labute approximate surface area is 128 Å². The van der Waals surface area contributed by atoms with Crippen molar-refractivity contribution in [1.82, 2.24) is 9.55 Å². The Morgan fingerprint density at radius 1 is 0.864 bits per heavy atom. The molecule has 4 rings (SSSR count). The van der Waals surface area contributed by atoms with Crippen molar-refractivity contribution in [3.05, 3.63) is 73.1 Å². The van der Waals surface area contributed by atoms with E-state index in [1.54, 1.807) is 0 Å². The summed E-state index contributed by atoms with van der Waals surface area (Å²) in [7, 11) is 0. The zero-order valence-electron chi connectivity index (χ0n) is 12.1. The van der Waals surface area contributed by atoms with Gasteiger partial charge < -0.3 is 9.30 Å². The fourth-order valence-electron chi connectivity index (χ4n) is 2.76. The van der Waals surface area contributed by atoms with Gasteiger partial charge in [0.05, 0.1) is 23.9 Å². The lowest BCUT2D eigenvalue weighted by atomic mass is 10.1. The van der Waals surface area contributed by atoms with E-state index in [1.165, 1.54) is 5.39 Å². The van der Waals surface area contributed by atoms with E-state index in [9.17, 15) is 0 Å². The highest BCUT2D eigenvalue weighted by Gasteiger charge is 2.03. The lowest BCUT2D eigenvalue weighted by Crippen LogP contribution is -2.07. The fourth-order valence-corrected chi connectivity index (χ4v) is 2.76. The van der Waals surface area contributed by atoms with E-state index in [0.29, 0.717) is 6.61 Å². The minimum absolute atomic E-state index is 0.619. The molecule has 1 aromatic heterocycles. The summed E-state index contributed by atoms with van der Waals surface area (Å²) in [5.74, 6) is 0.933. The van der Waals surface area contributed by atoms with Crippen molar-refractivity contribution in [1.29, 1.82) is 0 Å². The summed E-state index contributed by atoms with van der Waals surface area (Å²) in [5, 5.41) is 2.36. The Balaban J connectivity index is 1.53. The third kappa shape index (κ3) is 2.31. The molecule has 0 fully saturated rings. The Kier molecular flexibility index (Phi) is 3.24. The van der Waals surface area contributed by atoms with Gasteiger partial charge in [0.25, 0.3) is 0 Å². The molecule has 3 aromatic carbocycles. The largest absolute Gasteiger partial charge is 0.491 e. The monoisotopic (exact) mass is 288 g/mol. The molecule has 4 aromatic rings. The summed E-state index contributed by atoms with van der Waals surface area (Å²) >= 11 is 0. The Hall–Kier alpha value is -2.81. The average molecular weight is 288 g/mol. The first-order valence-corrected chi connectivity index (χ1v) is 7.42. The van der Waals surface area contributed by atoms with Crippen LogP contribution >= 0.6 is 0 Å². The number of imidazole rings is 1. The lowest BCUT2D eigenvalue weighted by molar-refractivity contribution is 0.303. The van der Waals surface area contributed by atoms with Crippen molar-refractivity contribution >= 4 is 21.8 Å². The van der Waals surface area contributed by atoms with Gasteiger partial charge in [-0.1, -0.05) is 48.5 Å². The van der Waals surface area contributed by atoms with Crippen LogP contribution in [0.15, 0.2) is 73.1 Å². The van der Waals surface area contributed by atoms with Gasteiger partial charge >= 0.3 is 0 Å². The SMILES string of the molecule is c1ccc2c(OCCn3cnc4ccccc43)cccc2c1. The molecule has 0 aliphatic heterocycles. The Morgan fingerprint density at radius 3 is 2.68 bits per heavy atom. The Bertz CT molecular complexity index is 921. The molecular weight excluding hydrogens is 272 g/mol. The number of aromatic nitrogens is 2. The van der Waals surface area contributed by atoms with E-state index in [2.05, 4.69) is 33.8 Å². The first kappa shape index (κ1) is 12.9. The van der Waals surface area contributed by atoms with Crippen LogP contribution in [0.2, 0.25) is 0 Å². The number of rotatable bonds is 4. The minimum Gasteiger partial charge on any atom is -0.491 e. The van der Waals surface area contributed by atoms with Gasteiger partial charge in [-0.2, -0.15) is 0 Å². The summed E-state index contributed by atoms with van der Waals surface area (Å²) in [6.07, 6.45) is 1.87. The topological polar surface area (TPSA) is 27.1 Å². The molecule has 0 saturated carbocycles. The van der Waals surface area contributed by atoms with Crippen LogP contribution in [0.4, 0.5) is 0 Å². The molecule has 3 heteroatoms. The van der Waals surface area contributed by atoms with Crippen LogP contribution in [0.1, 0.15) is 0 Å². The van der Waals surface area contributed by atoms with Crippen molar-refractivity contribution in [3.8, 4) is 5.75 Å². The van der Waals surface area contributed by atoms with Gasteiger partial charge in [0.2, 0.25) is 0 Å². The molecule has 0 radical (unpaired) electrons. The second-order valence-electron chi connectivity index (χ2n) is 5.25. The molecule has 0 unspecified atom stereocenters. The standard InChI is InChI=1S/C19H16N2O/c1-2-8-16-15(6-1)7-5-11-19(16)22-13-12-21-14-20-17-9-3-4-10-18(17)21/h1-11,14H,12-13H2. The van der Waals surface area contributed by atoms with Gasteiger partial charge in [-0.25, -0.2) is 4.98 Å². The minimum atomic E-state index is 0.619. The van der Waals surface area contributed by atoms with Crippen LogP contribution in [-0.4, -0.2) is 16.2 Å². The molecule has 0 spiro atoms. The maximum Gasteiger partial charge on any atom is 0.127 e. The zero-order chi connectivity index (χ0) is 14.8. The number of ether oxygens (including phenoxy) is 1. The third-order valence-electron chi connectivity index (χ3n) is 3.87. The van der Waals surface area contributed by atoms with E-state index >= 15 is 0 Å². The molecule has 108 valence electrons. The summed E-state index contributed by atoms with van der Waals surface area (Å²) < 4.78 is 8.12. The highest BCUT2D eigenvalue weighted by molar-refractivity contribution is 5.88. The van der Waals surface area contributed by atoms with E-state index in [1.807, 2.05) is 48.8 Å². The number of hydrogen-bond donors (Lipinski definition) is 0. The van der Waals surface area contributed by atoms with Crippen molar-refractivity contribution < 1.29 is 4.74 Å². The third-order valence-corrected chi connectivity index (χ3v) is 3.87. The first-order chi connectivity index (χ1) is 10.9. The molecule has 3 nitrogen and oxygen atoms in total. The second-order valence-corrected chi connectivity index (χ2v) is 5.25. The van der Waals surface area contributed by atoms with E-state index < -0.39 is 0 Å². The Morgan fingerprint density at radius 2 is 1.68 bits per heavy atom. The van der Waals surface area contributed by atoms with Crippen molar-refractivity contribution in [3.63, 3.8) is 0 Å². The van der Waals surface area contributed by atoms with E-state index in [-0.39, 0.29) is 0 Å². The zero-order valence-corrected chi connectivity index (χ0v) is 12.1. The quantitative estimate of drug-likeness (QED) is 0.561. The van der Waals surface area contributed by atoms with Gasteiger partial charge in [-0.05, 0) is 23.6 Å². The molecule has 0 amide bonds. The molecule has 22 heavy (non-hydrogen) atoms. The fraction of sp³-hybridized carbons (Fsp3) is 0.105. The van der Waals surface area contributed by atoms with Crippen LogP contribution in [0, 0.1) is 0 Å². The molecule has 0 bridgehead atoms. The normalized spacial score (nSPS) is 11.1. The van der Waals surface area contributed by atoms with E-state index in [0.717, 1.165) is 28.7 Å². The number of hydrogen-bond acceptors (Lipinski definition) is 2. The summed E-state index contributed by atoms with van der Waals surface area (Å²) in [5.41, 5.74) is 2.16. The summed E-state index contributed by atoms with van der Waals surface area (Å²) in [4.78, 5) is 4.40. The number of para-hydroxylation sites is 2. The van der Waals surface area contributed by atoms with Crippen LogP contribution in [0.3, 0.4) is 0 Å². The van der Waals surface area contributed by atoms with Gasteiger partial charge in [0.1, 0.15) is 12.4 Å². The average Bonchev–Trinajstić information content (AvgIpc) is 2.99. The molecule has 0 saturated heterocycles. The highest BCUT2D eigenvalue weighted by Crippen LogP contribution is 2.25. The summed E-state index contributed by atoms with van der Waals surface area (Å²) in [6, 6.07) is 22.6. The van der Waals surface area contributed by atoms with Gasteiger partial charge in [-0.15, -0.1) is 0 Å².